The molecule has 0 aromatic heterocycles. The van der Waals surface area contributed by atoms with Gasteiger partial charge in [0, 0.05) is 44.6 Å². The topological polar surface area (TPSA) is 99.2 Å². The third-order valence-corrected chi connectivity index (χ3v) is 4.39. The van der Waals surface area contributed by atoms with Crippen molar-refractivity contribution in [1.29, 1.82) is 0 Å². The minimum atomic E-state index is -1.06. The molecule has 0 aromatic carbocycles. The zero-order valence-corrected chi connectivity index (χ0v) is 14.0. The summed E-state index contributed by atoms with van der Waals surface area (Å²) < 4.78 is 5.42. The molecule has 24 heavy (non-hydrogen) atoms. The number of aliphatic carboxylic acids is 1. The molecule has 0 atom stereocenters. The molecule has 134 valence electrons. The van der Waals surface area contributed by atoms with E-state index < -0.39 is 17.7 Å². The van der Waals surface area contributed by atoms with Gasteiger partial charge in [-0.3, -0.25) is 14.5 Å². The number of carboxylic acid groups (broad SMARTS) is 1. The van der Waals surface area contributed by atoms with Crippen molar-refractivity contribution in [1.82, 2.24) is 15.1 Å². The van der Waals surface area contributed by atoms with Crippen molar-refractivity contribution in [3.05, 3.63) is 12.3 Å². The summed E-state index contributed by atoms with van der Waals surface area (Å²) >= 11 is 0. The Labute approximate surface area is 141 Å². The fraction of sp³-hybridized carbons (Fsp3) is 0.688. The monoisotopic (exact) mass is 339 g/mol. The SMILES string of the molecule is C=C(C)NCCCC(=O)N1CCC2(CC1)CN(CC(=O)O)C(=O)O2. The van der Waals surface area contributed by atoms with Crippen LogP contribution < -0.4 is 5.32 Å². The highest BCUT2D eigenvalue weighted by Gasteiger charge is 2.47. The fourth-order valence-corrected chi connectivity index (χ4v) is 3.10. The van der Waals surface area contributed by atoms with E-state index in [9.17, 15) is 14.4 Å². The Morgan fingerprint density at radius 2 is 2.04 bits per heavy atom. The number of nitrogens with one attached hydrogen (secondary N) is 1. The number of hydrogen-bond donors (Lipinski definition) is 2. The molecule has 2 N–H and O–H groups in total. The summed E-state index contributed by atoms with van der Waals surface area (Å²) in [4.78, 5) is 37.7. The Morgan fingerprint density at radius 1 is 1.38 bits per heavy atom. The van der Waals surface area contributed by atoms with Crippen molar-refractivity contribution in [3.8, 4) is 0 Å². The van der Waals surface area contributed by atoms with E-state index in [1.54, 1.807) is 4.90 Å². The molecular weight excluding hydrogens is 314 g/mol. The summed E-state index contributed by atoms with van der Waals surface area (Å²) in [6, 6.07) is 0. The second-order valence-electron chi connectivity index (χ2n) is 6.49. The van der Waals surface area contributed by atoms with Crippen molar-refractivity contribution in [3.63, 3.8) is 0 Å². The van der Waals surface area contributed by atoms with Crippen LogP contribution in [0.15, 0.2) is 12.3 Å². The Bertz CT molecular complexity index is 526. The van der Waals surface area contributed by atoms with E-state index in [4.69, 9.17) is 9.84 Å². The Kier molecular flexibility index (Phi) is 5.69. The normalized spacial score (nSPS) is 19.3. The molecule has 2 aliphatic heterocycles. The van der Waals surface area contributed by atoms with Crippen LogP contribution in [-0.2, 0) is 14.3 Å². The lowest BCUT2D eigenvalue weighted by Gasteiger charge is -2.37. The van der Waals surface area contributed by atoms with E-state index in [-0.39, 0.29) is 19.0 Å². The minimum absolute atomic E-state index is 0.0973. The Hall–Kier alpha value is -2.25. The van der Waals surface area contributed by atoms with E-state index in [0.29, 0.717) is 32.4 Å². The lowest BCUT2D eigenvalue weighted by atomic mass is 9.91. The molecule has 2 amide bonds. The van der Waals surface area contributed by atoms with Crippen LogP contribution in [0.5, 0.6) is 0 Å². The maximum absolute atomic E-state index is 12.2. The number of hydrogen-bond acceptors (Lipinski definition) is 5. The van der Waals surface area contributed by atoms with Gasteiger partial charge in [0.1, 0.15) is 12.1 Å². The summed E-state index contributed by atoms with van der Waals surface area (Å²) in [6.07, 6.45) is 1.73. The van der Waals surface area contributed by atoms with Gasteiger partial charge < -0.3 is 20.1 Å². The number of allylic oxidation sites excluding steroid dienone is 1. The second-order valence-corrected chi connectivity index (χ2v) is 6.49. The van der Waals surface area contributed by atoms with E-state index in [1.165, 1.54) is 4.90 Å². The van der Waals surface area contributed by atoms with E-state index >= 15 is 0 Å². The van der Waals surface area contributed by atoms with Gasteiger partial charge in [-0.05, 0) is 13.3 Å². The predicted octanol–water partition coefficient (Wildman–Crippen LogP) is 0.788. The first kappa shape index (κ1) is 18.1. The maximum atomic E-state index is 12.2. The number of ether oxygens (including phenoxy) is 1. The summed E-state index contributed by atoms with van der Waals surface area (Å²) in [5.74, 6) is -0.958. The molecular formula is C16H25N3O5. The van der Waals surface area contributed by atoms with Crippen molar-refractivity contribution < 1.29 is 24.2 Å². The highest BCUT2D eigenvalue weighted by molar-refractivity contribution is 5.79. The number of rotatable bonds is 7. The molecule has 0 bridgehead atoms. The molecule has 2 saturated heterocycles. The Balaban J connectivity index is 1.77. The number of carbonyl (C=O) groups excluding carboxylic acids is 2. The highest BCUT2D eigenvalue weighted by Crippen LogP contribution is 2.33. The van der Waals surface area contributed by atoms with Crippen molar-refractivity contribution >= 4 is 18.0 Å². The smallest absolute Gasteiger partial charge is 0.411 e. The van der Waals surface area contributed by atoms with Crippen LogP contribution >= 0.6 is 0 Å². The van der Waals surface area contributed by atoms with Gasteiger partial charge in [0.15, 0.2) is 0 Å². The summed E-state index contributed by atoms with van der Waals surface area (Å²) in [7, 11) is 0. The maximum Gasteiger partial charge on any atom is 0.411 e. The molecule has 0 saturated carbocycles. The highest BCUT2D eigenvalue weighted by atomic mass is 16.6. The standard InChI is InChI=1S/C16H25N3O5/c1-12(2)17-7-3-4-13(20)18-8-5-16(6-9-18)11-19(10-14(21)22)15(23)24-16/h17H,1,3-11H2,2H3,(H,21,22). The number of carboxylic acids is 1. The average molecular weight is 339 g/mol. The van der Waals surface area contributed by atoms with E-state index in [2.05, 4.69) is 11.9 Å². The fourth-order valence-electron chi connectivity index (χ4n) is 3.10. The predicted molar refractivity (Wildman–Crippen MR) is 86.3 cm³/mol. The summed E-state index contributed by atoms with van der Waals surface area (Å²) in [5, 5.41) is 11.9. The molecule has 0 unspecified atom stereocenters. The van der Waals surface area contributed by atoms with Gasteiger partial charge in [0.2, 0.25) is 5.91 Å². The van der Waals surface area contributed by atoms with Gasteiger partial charge in [-0.1, -0.05) is 6.58 Å². The van der Waals surface area contributed by atoms with Gasteiger partial charge >= 0.3 is 12.1 Å². The van der Waals surface area contributed by atoms with Crippen LogP contribution in [0.1, 0.15) is 32.6 Å². The molecule has 8 nitrogen and oxygen atoms in total. The van der Waals surface area contributed by atoms with Crippen LogP contribution in [0, 0.1) is 0 Å². The second kappa shape index (κ2) is 7.55. The molecule has 1 spiro atoms. The van der Waals surface area contributed by atoms with Gasteiger partial charge in [-0.15, -0.1) is 0 Å². The first-order valence-electron chi connectivity index (χ1n) is 8.18. The van der Waals surface area contributed by atoms with Gasteiger partial charge in [0.05, 0.1) is 6.54 Å². The van der Waals surface area contributed by atoms with E-state index in [1.807, 2.05) is 6.92 Å². The van der Waals surface area contributed by atoms with Crippen LogP contribution in [0.2, 0.25) is 0 Å². The van der Waals surface area contributed by atoms with Crippen LogP contribution in [0.3, 0.4) is 0 Å². The van der Waals surface area contributed by atoms with Crippen LogP contribution in [-0.4, -0.2) is 71.2 Å². The van der Waals surface area contributed by atoms with Crippen molar-refractivity contribution in [2.75, 3.05) is 32.7 Å². The van der Waals surface area contributed by atoms with Gasteiger partial charge in [0.25, 0.3) is 0 Å². The summed E-state index contributed by atoms with van der Waals surface area (Å²) in [5.41, 5.74) is 0.237. The van der Waals surface area contributed by atoms with E-state index in [0.717, 1.165) is 18.7 Å². The summed E-state index contributed by atoms with van der Waals surface area (Å²) in [6.45, 7) is 7.33. The number of likely N-dealkylation sites (tertiary alicyclic amines) is 1. The third kappa shape index (κ3) is 4.62. The number of amides is 2. The van der Waals surface area contributed by atoms with Crippen molar-refractivity contribution in [2.24, 2.45) is 0 Å². The molecule has 2 heterocycles. The number of piperidine rings is 1. The molecule has 0 radical (unpaired) electrons. The largest absolute Gasteiger partial charge is 0.480 e. The number of carbonyl (C=O) groups is 3. The number of nitrogens with zero attached hydrogens (tertiary/aromatic N) is 2. The zero-order valence-electron chi connectivity index (χ0n) is 14.0. The minimum Gasteiger partial charge on any atom is -0.480 e. The molecule has 0 aromatic rings. The molecule has 2 fully saturated rings. The van der Waals surface area contributed by atoms with Gasteiger partial charge in [-0.2, -0.15) is 0 Å². The Morgan fingerprint density at radius 3 is 2.62 bits per heavy atom. The van der Waals surface area contributed by atoms with Crippen LogP contribution in [0.25, 0.3) is 0 Å². The quantitative estimate of drug-likeness (QED) is 0.665. The average Bonchev–Trinajstić information content (AvgIpc) is 2.79. The van der Waals surface area contributed by atoms with Crippen LogP contribution in [0.4, 0.5) is 4.79 Å². The molecule has 8 heteroatoms. The molecule has 0 aliphatic carbocycles. The first-order chi connectivity index (χ1) is 11.3. The van der Waals surface area contributed by atoms with Gasteiger partial charge in [-0.25, -0.2) is 4.79 Å². The zero-order chi connectivity index (χ0) is 17.7. The molecule has 2 aliphatic rings. The van der Waals surface area contributed by atoms with Crippen molar-refractivity contribution in [2.45, 2.75) is 38.2 Å². The molecule has 2 rings (SSSR count). The first-order valence-corrected chi connectivity index (χ1v) is 8.18. The lowest BCUT2D eigenvalue weighted by molar-refractivity contribution is -0.137. The lowest BCUT2D eigenvalue weighted by Crippen LogP contribution is -2.49. The third-order valence-electron chi connectivity index (χ3n) is 4.39.